The second-order valence-electron chi connectivity index (χ2n) is 9.03. The smallest absolute Gasteiger partial charge is 0.326 e. The number of nitrogens with one attached hydrogen (secondary N) is 2. The number of aromatic nitrogens is 6. The number of nitrogens with zero attached hydrogens (tertiary/aromatic N) is 6. The zero-order valence-corrected chi connectivity index (χ0v) is 19.1. The van der Waals surface area contributed by atoms with E-state index in [0.29, 0.717) is 28.4 Å². The van der Waals surface area contributed by atoms with Crippen molar-refractivity contribution in [1.82, 2.24) is 29.5 Å². The predicted molar refractivity (Wildman–Crippen MR) is 131 cm³/mol. The van der Waals surface area contributed by atoms with Gasteiger partial charge in [-0.3, -0.25) is 0 Å². The van der Waals surface area contributed by atoms with Crippen LogP contribution >= 0.6 is 11.6 Å². The van der Waals surface area contributed by atoms with Crippen LogP contribution in [0.15, 0.2) is 36.8 Å². The number of anilines is 2. The molecule has 2 fully saturated rings. The molecule has 1 aliphatic heterocycles. The van der Waals surface area contributed by atoms with Crippen LogP contribution in [0.1, 0.15) is 12.8 Å². The fraction of sp³-hybridized carbons (Fsp3) is 0.304. The predicted octanol–water partition coefficient (Wildman–Crippen LogP) is 3.57. The van der Waals surface area contributed by atoms with Crippen LogP contribution in [0.2, 0.25) is 5.02 Å². The van der Waals surface area contributed by atoms with Crippen LogP contribution in [0, 0.1) is 5.92 Å². The molecule has 1 saturated heterocycles. The molecule has 172 valence electrons. The zero-order chi connectivity index (χ0) is 23.0. The second-order valence-corrected chi connectivity index (χ2v) is 9.47. The molecule has 2 bridgehead atoms. The SMILES string of the molecule is CNc1cc(Cl)cc2c1[nH]c1nc(Oc3cnc4ccnn4c3)nc(N3C[C@H]4C[C@@H]3C[C@H]4N)c12. The lowest BCUT2D eigenvalue weighted by Gasteiger charge is -2.31. The summed E-state index contributed by atoms with van der Waals surface area (Å²) >= 11 is 6.47. The van der Waals surface area contributed by atoms with E-state index >= 15 is 0 Å². The Morgan fingerprint density at radius 1 is 1.26 bits per heavy atom. The summed E-state index contributed by atoms with van der Waals surface area (Å²) in [6.07, 6.45) is 7.13. The molecule has 10 nitrogen and oxygen atoms in total. The van der Waals surface area contributed by atoms with Crippen molar-refractivity contribution in [3.05, 3.63) is 41.8 Å². The maximum Gasteiger partial charge on any atom is 0.326 e. The molecule has 0 amide bonds. The van der Waals surface area contributed by atoms with Gasteiger partial charge < -0.3 is 25.7 Å². The van der Waals surface area contributed by atoms with E-state index in [4.69, 9.17) is 32.0 Å². The van der Waals surface area contributed by atoms with Crippen LogP contribution in [0.25, 0.3) is 27.6 Å². The number of hydrogen-bond acceptors (Lipinski definition) is 8. The van der Waals surface area contributed by atoms with E-state index in [0.717, 1.165) is 52.8 Å². The average Bonchev–Trinajstić information content (AvgIpc) is 3.60. The van der Waals surface area contributed by atoms with Crippen LogP contribution in [0.4, 0.5) is 11.5 Å². The molecule has 4 aromatic heterocycles. The number of benzene rings is 1. The highest BCUT2D eigenvalue weighted by Crippen LogP contribution is 2.44. The number of hydrogen-bond donors (Lipinski definition) is 3. The first-order valence-electron chi connectivity index (χ1n) is 11.3. The molecule has 4 N–H and O–H groups in total. The molecule has 7 rings (SSSR count). The number of fused-ring (bicyclic) bond motifs is 6. The molecule has 3 atom stereocenters. The molecule has 34 heavy (non-hydrogen) atoms. The Morgan fingerprint density at radius 2 is 2.18 bits per heavy atom. The quantitative estimate of drug-likeness (QED) is 0.360. The van der Waals surface area contributed by atoms with Crippen LogP contribution in [0.3, 0.4) is 0 Å². The number of halogens is 1. The molecule has 11 heteroatoms. The minimum atomic E-state index is 0.242. The van der Waals surface area contributed by atoms with Crippen molar-refractivity contribution >= 4 is 50.7 Å². The van der Waals surface area contributed by atoms with Crippen molar-refractivity contribution in [3.63, 3.8) is 0 Å². The van der Waals surface area contributed by atoms with Crippen molar-refractivity contribution in [1.29, 1.82) is 0 Å². The number of ether oxygens (including phenoxy) is 1. The van der Waals surface area contributed by atoms with Gasteiger partial charge in [-0.05, 0) is 30.9 Å². The van der Waals surface area contributed by atoms with Gasteiger partial charge in [0.2, 0.25) is 0 Å². The molecule has 5 aromatic rings. The number of nitrogens with two attached hydrogens (primary N) is 1. The molecule has 1 aromatic carbocycles. The third kappa shape index (κ3) is 2.92. The highest BCUT2D eigenvalue weighted by Gasteiger charge is 2.44. The Labute approximate surface area is 199 Å². The summed E-state index contributed by atoms with van der Waals surface area (Å²) in [6, 6.07) is 6.51. The first kappa shape index (κ1) is 19.8. The first-order valence-corrected chi connectivity index (χ1v) is 11.7. The normalized spacial score (nSPS) is 21.9. The van der Waals surface area contributed by atoms with Gasteiger partial charge in [-0.25, -0.2) is 9.50 Å². The standard InChI is InChI=1S/C23H22ClN9O/c1-26-17-6-12(24)5-15-19-21(29-20(15)17)30-23(34-14-8-27-18-2-3-28-33(18)10-14)31-22(19)32-9-11-4-13(32)7-16(11)25/h2-3,5-6,8,10-11,13,16,26H,4,7,9,25H2,1H3,(H,29,30,31)/t11-,13-,16-/m1/s1. The molecule has 2 aliphatic rings. The largest absolute Gasteiger partial charge is 0.421 e. The molecular formula is C23H22ClN9O. The minimum Gasteiger partial charge on any atom is -0.421 e. The van der Waals surface area contributed by atoms with Crippen LogP contribution in [-0.2, 0) is 0 Å². The van der Waals surface area contributed by atoms with E-state index < -0.39 is 0 Å². The van der Waals surface area contributed by atoms with Gasteiger partial charge in [0.1, 0.15) is 11.5 Å². The Morgan fingerprint density at radius 3 is 2.97 bits per heavy atom. The zero-order valence-electron chi connectivity index (χ0n) is 18.4. The van der Waals surface area contributed by atoms with Crippen molar-refractivity contribution in [3.8, 4) is 11.8 Å². The van der Waals surface area contributed by atoms with E-state index in [-0.39, 0.29) is 12.1 Å². The number of H-pyrrole nitrogens is 1. The van der Waals surface area contributed by atoms with Crippen molar-refractivity contribution in [2.24, 2.45) is 11.7 Å². The first-order chi connectivity index (χ1) is 16.6. The van der Waals surface area contributed by atoms with Crippen molar-refractivity contribution in [2.45, 2.75) is 24.9 Å². The van der Waals surface area contributed by atoms with E-state index in [1.807, 2.05) is 25.2 Å². The van der Waals surface area contributed by atoms with E-state index in [1.165, 1.54) is 0 Å². The van der Waals surface area contributed by atoms with Gasteiger partial charge in [-0.2, -0.15) is 15.1 Å². The van der Waals surface area contributed by atoms with Gasteiger partial charge in [0.05, 0.1) is 35.2 Å². The van der Waals surface area contributed by atoms with Crippen LogP contribution in [0.5, 0.6) is 11.8 Å². The highest BCUT2D eigenvalue weighted by molar-refractivity contribution is 6.32. The fourth-order valence-corrected chi connectivity index (χ4v) is 5.70. The summed E-state index contributed by atoms with van der Waals surface area (Å²) in [5.74, 6) is 1.80. The Bertz CT molecular complexity index is 1580. The lowest BCUT2D eigenvalue weighted by Crippen LogP contribution is -2.41. The van der Waals surface area contributed by atoms with Gasteiger partial charge in [0.15, 0.2) is 11.4 Å². The van der Waals surface area contributed by atoms with Gasteiger partial charge in [0, 0.05) is 42.2 Å². The summed E-state index contributed by atoms with van der Waals surface area (Å²) in [7, 11) is 1.87. The van der Waals surface area contributed by atoms with E-state index in [2.05, 4.69) is 25.3 Å². The molecule has 0 radical (unpaired) electrons. The summed E-state index contributed by atoms with van der Waals surface area (Å²) < 4.78 is 7.74. The lowest BCUT2D eigenvalue weighted by molar-refractivity contribution is 0.435. The highest BCUT2D eigenvalue weighted by atomic mass is 35.5. The molecule has 0 unspecified atom stereocenters. The summed E-state index contributed by atoms with van der Waals surface area (Å²) in [6.45, 7) is 0.865. The molecule has 1 aliphatic carbocycles. The van der Waals surface area contributed by atoms with Crippen molar-refractivity contribution < 1.29 is 4.74 Å². The summed E-state index contributed by atoms with van der Waals surface area (Å²) in [4.78, 5) is 19.8. The number of piperidine rings is 1. The maximum atomic E-state index is 6.47. The topological polar surface area (TPSA) is 122 Å². The van der Waals surface area contributed by atoms with E-state index in [1.54, 1.807) is 23.1 Å². The Balaban J connectivity index is 1.41. The number of rotatable bonds is 4. The van der Waals surface area contributed by atoms with Gasteiger partial charge in [0.25, 0.3) is 0 Å². The molecule has 1 saturated carbocycles. The second kappa shape index (κ2) is 7.18. The summed E-state index contributed by atoms with van der Waals surface area (Å²) in [5.41, 5.74) is 9.59. The summed E-state index contributed by atoms with van der Waals surface area (Å²) in [5, 5.41) is 10.00. The number of aromatic amines is 1. The lowest BCUT2D eigenvalue weighted by atomic mass is 10.0. The molecule has 5 heterocycles. The monoisotopic (exact) mass is 475 g/mol. The molecular weight excluding hydrogens is 454 g/mol. The molecule has 0 spiro atoms. The van der Waals surface area contributed by atoms with Gasteiger partial charge in [-0.15, -0.1) is 0 Å². The van der Waals surface area contributed by atoms with E-state index in [9.17, 15) is 0 Å². The van der Waals surface area contributed by atoms with Gasteiger partial charge >= 0.3 is 6.01 Å². The maximum absolute atomic E-state index is 6.47. The third-order valence-electron chi connectivity index (χ3n) is 7.06. The minimum absolute atomic E-state index is 0.242. The Hall–Kier alpha value is -3.63. The van der Waals surface area contributed by atoms with Crippen LogP contribution < -0.4 is 20.7 Å². The average molecular weight is 476 g/mol. The van der Waals surface area contributed by atoms with Crippen molar-refractivity contribution in [2.75, 3.05) is 23.8 Å². The van der Waals surface area contributed by atoms with Crippen LogP contribution in [-0.4, -0.2) is 55.2 Å². The third-order valence-corrected chi connectivity index (χ3v) is 7.27. The van der Waals surface area contributed by atoms with Gasteiger partial charge in [-0.1, -0.05) is 11.6 Å². The Kier molecular flexibility index (Phi) is 4.18. The fourth-order valence-electron chi connectivity index (χ4n) is 5.48.